The van der Waals surface area contributed by atoms with Gasteiger partial charge in [0.2, 0.25) is 5.91 Å². The summed E-state index contributed by atoms with van der Waals surface area (Å²) in [6.07, 6.45) is 1.76. The number of nitrogens with zero attached hydrogens (tertiary/aromatic N) is 1. The molecule has 0 aliphatic rings. The Labute approximate surface area is 182 Å². The van der Waals surface area contributed by atoms with E-state index in [1.165, 1.54) is 6.07 Å². The zero-order valence-electron chi connectivity index (χ0n) is 16.2. The van der Waals surface area contributed by atoms with E-state index in [-0.39, 0.29) is 24.1 Å². The predicted molar refractivity (Wildman–Crippen MR) is 116 cm³/mol. The van der Waals surface area contributed by atoms with E-state index in [0.717, 1.165) is 6.07 Å². The molecule has 31 heavy (non-hydrogen) atoms. The van der Waals surface area contributed by atoms with Crippen LogP contribution in [0.1, 0.15) is 12.3 Å². The van der Waals surface area contributed by atoms with Crippen LogP contribution in [-0.2, 0) is 11.2 Å². The molecule has 1 N–H and O–H groups in total. The van der Waals surface area contributed by atoms with Crippen LogP contribution in [0.15, 0.2) is 77.3 Å². The number of hydrogen-bond acceptors (Lipinski definition) is 3. The van der Waals surface area contributed by atoms with Crippen LogP contribution in [0.25, 0.3) is 22.5 Å². The molecule has 1 amide bonds. The molecule has 0 unspecified atom stereocenters. The predicted octanol–water partition coefficient (Wildman–Crippen LogP) is 6.51. The summed E-state index contributed by atoms with van der Waals surface area (Å²) in [4.78, 5) is 16.7. The Balaban J connectivity index is 1.47. The quantitative estimate of drug-likeness (QED) is 0.373. The number of halogens is 3. The van der Waals surface area contributed by atoms with Crippen molar-refractivity contribution >= 4 is 23.2 Å². The lowest BCUT2D eigenvalue weighted by Gasteiger charge is -2.13. The number of aryl methyl sites for hydroxylation is 1. The topological polar surface area (TPSA) is 55.1 Å². The Morgan fingerprint density at radius 3 is 2.52 bits per heavy atom. The van der Waals surface area contributed by atoms with Gasteiger partial charge in [-0.25, -0.2) is 13.8 Å². The van der Waals surface area contributed by atoms with Gasteiger partial charge in [-0.3, -0.25) is 4.79 Å². The number of aromatic nitrogens is 1. The average Bonchev–Trinajstić information content (AvgIpc) is 3.24. The molecule has 0 aliphatic heterocycles. The molecule has 4 rings (SSSR count). The van der Waals surface area contributed by atoms with Crippen LogP contribution < -0.4 is 5.32 Å². The van der Waals surface area contributed by atoms with Crippen LogP contribution in [0.3, 0.4) is 0 Å². The summed E-state index contributed by atoms with van der Waals surface area (Å²) in [6.45, 7) is 0. The smallest absolute Gasteiger partial charge is 0.224 e. The molecule has 0 saturated heterocycles. The van der Waals surface area contributed by atoms with Gasteiger partial charge in [-0.1, -0.05) is 54.1 Å². The molecule has 4 aromatic rings. The van der Waals surface area contributed by atoms with Gasteiger partial charge in [-0.15, -0.1) is 0 Å². The zero-order valence-corrected chi connectivity index (χ0v) is 17.0. The number of carbonyl (C=O) groups is 1. The molecule has 0 atom stereocenters. The van der Waals surface area contributed by atoms with Crippen molar-refractivity contribution in [3.05, 3.63) is 95.5 Å². The van der Waals surface area contributed by atoms with Gasteiger partial charge in [0, 0.05) is 30.0 Å². The minimum atomic E-state index is -0.843. The van der Waals surface area contributed by atoms with E-state index in [1.54, 1.807) is 42.6 Å². The average molecular weight is 439 g/mol. The molecular formula is C24H17ClF2N2O2. The van der Waals surface area contributed by atoms with Gasteiger partial charge in [0.1, 0.15) is 11.6 Å². The number of rotatable bonds is 6. The van der Waals surface area contributed by atoms with E-state index in [2.05, 4.69) is 10.3 Å². The molecule has 0 saturated carbocycles. The van der Waals surface area contributed by atoms with Crippen molar-refractivity contribution < 1.29 is 18.0 Å². The number of carbonyl (C=O) groups excluding carboxylic acids is 1. The lowest BCUT2D eigenvalue weighted by molar-refractivity contribution is -0.116. The lowest BCUT2D eigenvalue weighted by Crippen LogP contribution is -2.14. The monoisotopic (exact) mass is 438 g/mol. The number of oxazole rings is 1. The molecule has 0 aliphatic carbocycles. The first-order valence-electron chi connectivity index (χ1n) is 9.55. The Bertz CT molecular complexity index is 1230. The Hall–Kier alpha value is -3.51. The molecule has 156 valence electrons. The Morgan fingerprint density at radius 2 is 1.74 bits per heavy atom. The Kier molecular flexibility index (Phi) is 6.09. The third-order valence-corrected chi connectivity index (χ3v) is 4.99. The van der Waals surface area contributed by atoms with Crippen molar-refractivity contribution in [2.24, 2.45) is 0 Å². The molecule has 1 heterocycles. The molecular weight excluding hydrogens is 422 g/mol. The summed E-state index contributed by atoms with van der Waals surface area (Å²) in [6, 6.07) is 17.9. The summed E-state index contributed by atoms with van der Waals surface area (Å²) < 4.78 is 33.9. The number of anilines is 1. The minimum Gasteiger partial charge on any atom is -0.441 e. The standard InChI is InChI=1S/C24H17ClF2N2O2/c25-19-9-5-4-8-17(19)21-14-28-23(31-21)11-10-22(30)29-24-18(12-16(26)13-20(24)27)15-6-2-1-3-7-15/h1-9,12-14H,10-11H2,(H,29,30). The molecule has 7 heteroatoms. The molecule has 3 aromatic carbocycles. The number of nitrogens with one attached hydrogen (secondary N) is 1. The van der Waals surface area contributed by atoms with Crippen molar-refractivity contribution in [3.63, 3.8) is 0 Å². The summed E-state index contributed by atoms with van der Waals surface area (Å²) in [7, 11) is 0. The SMILES string of the molecule is O=C(CCc1ncc(-c2ccccc2Cl)o1)Nc1c(F)cc(F)cc1-c1ccccc1. The number of benzene rings is 3. The number of hydrogen-bond donors (Lipinski definition) is 1. The van der Waals surface area contributed by atoms with Crippen molar-refractivity contribution in [2.45, 2.75) is 12.8 Å². The van der Waals surface area contributed by atoms with Crippen LogP contribution in [-0.4, -0.2) is 10.9 Å². The second-order valence-electron chi connectivity index (χ2n) is 6.82. The second-order valence-corrected chi connectivity index (χ2v) is 7.23. The maximum atomic E-state index is 14.5. The van der Waals surface area contributed by atoms with Gasteiger partial charge < -0.3 is 9.73 Å². The summed E-state index contributed by atoms with van der Waals surface area (Å²) >= 11 is 6.16. The van der Waals surface area contributed by atoms with Crippen molar-refractivity contribution in [1.82, 2.24) is 4.98 Å². The fourth-order valence-corrected chi connectivity index (χ4v) is 3.41. The van der Waals surface area contributed by atoms with E-state index in [0.29, 0.717) is 27.8 Å². The van der Waals surface area contributed by atoms with Gasteiger partial charge in [-0.05, 0) is 23.8 Å². The third kappa shape index (κ3) is 4.81. The normalized spacial score (nSPS) is 10.8. The van der Waals surface area contributed by atoms with Gasteiger partial charge in [0.25, 0.3) is 0 Å². The van der Waals surface area contributed by atoms with E-state index < -0.39 is 17.5 Å². The molecule has 1 aromatic heterocycles. The van der Waals surface area contributed by atoms with Gasteiger partial charge >= 0.3 is 0 Å². The highest BCUT2D eigenvalue weighted by Gasteiger charge is 2.17. The van der Waals surface area contributed by atoms with Crippen molar-refractivity contribution in [2.75, 3.05) is 5.32 Å². The van der Waals surface area contributed by atoms with Crippen LogP contribution in [0.2, 0.25) is 5.02 Å². The van der Waals surface area contributed by atoms with Crippen molar-refractivity contribution in [1.29, 1.82) is 0 Å². The fraction of sp³-hybridized carbons (Fsp3) is 0.0833. The third-order valence-electron chi connectivity index (χ3n) is 4.66. The first-order valence-corrected chi connectivity index (χ1v) is 9.93. The zero-order chi connectivity index (χ0) is 21.8. The Morgan fingerprint density at radius 1 is 1.00 bits per heavy atom. The number of amides is 1. The minimum absolute atomic E-state index is 0.00746. The van der Waals surface area contributed by atoms with Gasteiger partial charge in [0.15, 0.2) is 11.7 Å². The highest BCUT2D eigenvalue weighted by Crippen LogP contribution is 2.32. The van der Waals surface area contributed by atoms with Crippen LogP contribution >= 0.6 is 11.6 Å². The molecule has 0 radical (unpaired) electrons. The van der Waals surface area contributed by atoms with Crippen LogP contribution in [0, 0.1) is 11.6 Å². The van der Waals surface area contributed by atoms with Crippen LogP contribution in [0.4, 0.5) is 14.5 Å². The summed E-state index contributed by atoms with van der Waals surface area (Å²) in [5, 5.41) is 3.08. The molecule has 4 nitrogen and oxygen atoms in total. The first-order chi connectivity index (χ1) is 15.0. The molecule has 0 bridgehead atoms. The molecule has 0 fully saturated rings. The highest BCUT2D eigenvalue weighted by atomic mass is 35.5. The lowest BCUT2D eigenvalue weighted by atomic mass is 10.0. The second kappa shape index (κ2) is 9.10. The highest BCUT2D eigenvalue weighted by molar-refractivity contribution is 6.33. The van der Waals surface area contributed by atoms with Gasteiger partial charge in [0.05, 0.1) is 16.9 Å². The summed E-state index contributed by atoms with van der Waals surface area (Å²) in [5.74, 6) is -1.16. The maximum absolute atomic E-state index is 14.5. The summed E-state index contributed by atoms with van der Waals surface area (Å²) in [5.41, 5.74) is 1.49. The van der Waals surface area contributed by atoms with Crippen LogP contribution in [0.5, 0.6) is 0 Å². The molecule has 0 spiro atoms. The van der Waals surface area contributed by atoms with E-state index >= 15 is 0 Å². The first kappa shape index (κ1) is 20.8. The maximum Gasteiger partial charge on any atom is 0.224 e. The van der Waals surface area contributed by atoms with E-state index in [9.17, 15) is 13.6 Å². The van der Waals surface area contributed by atoms with E-state index in [1.807, 2.05) is 18.2 Å². The van der Waals surface area contributed by atoms with Crippen molar-refractivity contribution in [3.8, 4) is 22.5 Å². The largest absolute Gasteiger partial charge is 0.441 e. The van der Waals surface area contributed by atoms with E-state index in [4.69, 9.17) is 16.0 Å². The fourth-order valence-electron chi connectivity index (χ4n) is 3.18. The van der Waals surface area contributed by atoms with Gasteiger partial charge in [-0.2, -0.15) is 0 Å².